The van der Waals surface area contributed by atoms with E-state index in [2.05, 4.69) is 25.6 Å². The number of carbonyl (C=O) groups excluding carboxylic acids is 1. The highest BCUT2D eigenvalue weighted by molar-refractivity contribution is 5.97. The number of hydrogen-bond acceptors (Lipinski definition) is 7. The van der Waals surface area contributed by atoms with Crippen molar-refractivity contribution in [3.8, 4) is 17.0 Å². The summed E-state index contributed by atoms with van der Waals surface area (Å²) in [5, 5.41) is 16.8. The van der Waals surface area contributed by atoms with Gasteiger partial charge in [0.2, 0.25) is 5.88 Å². The number of fused-ring (bicyclic) bond motifs is 1. The largest absolute Gasteiger partial charge is 0.472 e. The van der Waals surface area contributed by atoms with Crippen molar-refractivity contribution >= 4 is 16.7 Å². The number of aryl methyl sites for hydroxylation is 1. The second-order valence-electron chi connectivity index (χ2n) is 7.39. The van der Waals surface area contributed by atoms with Crippen molar-refractivity contribution < 1.29 is 9.53 Å². The molecule has 4 aromatic rings. The molecule has 0 aliphatic carbocycles. The van der Waals surface area contributed by atoms with Crippen LogP contribution in [-0.2, 0) is 13.5 Å². The van der Waals surface area contributed by atoms with E-state index < -0.39 is 0 Å². The van der Waals surface area contributed by atoms with Gasteiger partial charge < -0.3 is 10.1 Å². The monoisotopic (exact) mass is 400 g/mol. The van der Waals surface area contributed by atoms with E-state index in [0.717, 1.165) is 35.1 Å². The smallest absolute Gasteiger partial charge is 0.214 e. The SMILES string of the molecule is Cn1cc(-c2ccc3nnc(CC(=O)c4ccnc(OC5CNC5)c4)cc3c2)cn1. The molecule has 1 fully saturated rings. The molecule has 0 radical (unpaired) electrons. The van der Waals surface area contributed by atoms with Gasteiger partial charge in [0.1, 0.15) is 6.10 Å². The second kappa shape index (κ2) is 7.64. The van der Waals surface area contributed by atoms with Crippen molar-refractivity contribution in [2.45, 2.75) is 12.5 Å². The fourth-order valence-corrected chi connectivity index (χ4v) is 3.35. The van der Waals surface area contributed by atoms with Crippen LogP contribution in [0.1, 0.15) is 16.1 Å². The van der Waals surface area contributed by atoms with Crippen molar-refractivity contribution in [1.82, 2.24) is 30.3 Å². The zero-order valence-corrected chi connectivity index (χ0v) is 16.4. The van der Waals surface area contributed by atoms with Crippen molar-refractivity contribution in [2.75, 3.05) is 13.1 Å². The molecular formula is C22H20N6O2. The molecule has 8 nitrogen and oxygen atoms in total. The van der Waals surface area contributed by atoms with Gasteiger partial charge >= 0.3 is 0 Å². The Hall–Kier alpha value is -3.65. The van der Waals surface area contributed by atoms with Crippen LogP contribution in [0.2, 0.25) is 0 Å². The topological polar surface area (TPSA) is 94.8 Å². The number of pyridine rings is 1. The Morgan fingerprint density at radius 2 is 2.07 bits per heavy atom. The predicted octanol–water partition coefficient (Wildman–Crippen LogP) is 2.20. The van der Waals surface area contributed by atoms with Gasteiger partial charge in [0.25, 0.3) is 0 Å². The first-order chi connectivity index (χ1) is 14.6. The number of nitrogens with one attached hydrogen (secondary N) is 1. The predicted molar refractivity (Wildman–Crippen MR) is 111 cm³/mol. The number of ketones is 1. The fourth-order valence-electron chi connectivity index (χ4n) is 3.35. The standard InChI is InChI=1S/C22H20N6O2/c1-28-13-17(10-25-28)14-2-3-20-16(6-14)7-18(26-27-20)9-21(29)15-4-5-24-22(8-15)30-19-11-23-12-19/h2-8,10,13,19,23H,9,11-12H2,1H3. The molecule has 1 N–H and O–H groups in total. The minimum atomic E-state index is -0.0500. The van der Waals surface area contributed by atoms with E-state index >= 15 is 0 Å². The van der Waals surface area contributed by atoms with Gasteiger partial charge in [-0.2, -0.15) is 15.3 Å². The van der Waals surface area contributed by atoms with E-state index in [1.165, 1.54) is 0 Å². The molecule has 150 valence electrons. The maximum absolute atomic E-state index is 12.8. The highest BCUT2D eigenvalue weighted by Crippen LogP contribution is 2.23. The van der Waals surface area contributed by atoms with Crippen molar-refractivity contribution in [3.63, 3.8) is 0 Å². The van der Waals surface area contributed by atoms with E-state index in [1.54, 1.807) is 23.0 Å². The Kier molecular flexibility index (Phi) is 4.68. The molecular weight excluding hydrogens is 380 g/mol. The molecule has 1 aliphatic rings. The Morgan fingerprint density at radius 3 is 2.83 bits per heavy atom. The Balaban J connectivity index is 1.36. The molecule has 0 bridgehead atoms. The van der Waals surface area contributed by atoms with Gasteiger partial charge in [0, 0.05) is 55.1 Å². The third-order valence-electron chi connectivity index (χ3n) is 5.10. The fraction of sp³-hybridized carbons (Fsp3) is 0.227. The minimum Gasteiger partial charge on any atom is -0.472 e. The zero-order valence-electron chi connectivity index (χ0n) is 16.4. The normalized spacial score (nSPS) is 13.9. The number of nitrogens with zero attached hydrogens (tertiary/aromatic N) is 5. The summed E-state index contributed by atoms with van der Waals surface area (Å²) in [5.74, 6) is 0.420. The Morgan fingerprint density at radius 1 is 1.17 bits per heavy atom. The number of rotatable bonds is 6. The van der Waals surface area contributed by atoms with Crippen LogP contribution in [0.25, 0.3) is 22.0 Å². The molecule has 4 heterocycles. The first kappa shape index (κ1) is 18.4. The molecule has 8 heteroatoms. The highest BCUT2D eigenvalue weighted by atomic mass is 16.5. The van der Waals surface area contributed by atoms with Crippen LogP contribution in [0.5, 0.6) is 5.88 Å². The van der Waals surface area contributed by atoms with Gasteiger partial charge in [0.05, 0.1) is 23.8 Å². The van der Waals surface area contributed by atoms with Crippen molar-refractivity contribution in [1.29, 1.82) is 0 Å². The first-order valence-electron chi connectivity index (χ1n) is 9.76. The van der Waals surface area contributed by atoms with E-state index in [9.17, 15) is 4.79 Å². The van der Waals surface area contributed by atoms with Crippen LogP contribution in [0.3, 0.4) is 0 Å². The minimum absolute atomic E-state index is 0.0500. The number of carbonyl (C=O) groups is 1. The van der Waals surface area contributed by atoms with Crippen LogP contribution in [0, 0.1) is 0 Å². The van der Waals surface area contributed by atoms with Gasteiger partial charge in [-0.15, -0.1) is 0 Å². The number of ether oxygens (including phenoxy) is 1. The maximum atomic E-state index is 12.8. The molecule has 30 heavy (non-hydrogen) atoms. The first-order valence-corrected chi connectivity index (χ1v) is 9.76. The maximum Gasteiger partial charge on any atom is 0.214 e. The molecule has 3 aromatic heterocycles. The summed E-state index contributed by atoms with van der Waals surface area (Å²) >= 11 is 0. The van der Waals surface area contributed by atoms with E-state index in [4.69, 9.17) is 4.74 Å². The van der Waals surface area contributed by atoms with Gasteiger partial charge in [-0.25, -0.2) is 4.98 Å². The lowest BCUT2D eigenvalue weighted by molar-refractivity contribution is 0.0989. The van der Waals surface area contributed by atoms with Gasteiger partial charge in [-0.05, 0) is 29.8 Å². The van der Waals surface area contributed by atoms with E-state index in [-0.39, 0.29) is 18.3 Å². The van der Waals surface area contributed by atoms with Crippen LogP contribution < -0.4 is 10.1 Å². The lowest BCUT2D eigenvalue weighted by Gasteiger charge is -2.27. The molecule has 1 aliphatic heterocycles. The molecule has 1 aromatic carbocycles. The Bertz CT molecular complexity index is 1230. The summed E-state index contributed by atoms with van der Waals surface area (Å²) in [4.78, 5) is 17.0. The van der Waals surface area contributed by atoms with Crippen LogP contribution in [0.4, 0.5) is 0 Å². The number of hydrogen-bond donors (Lipinski definition) is 1. The van der Waals surface area contributed by atoms with E-state index in [0.29, 0.717) is 17.1 Å². The Labute approximate surface area is 172 Å². The van der Waals surface area contributed by atoms with Gasteiger partial charge in [0.15, 0.2) is 5.78 Å². The molecule has 0 atom stereocenters. The summed E-state index contributed by atoms with van der Waals surface area (Å²) in [5.41, 5.74) is 4.03. The third-order valence-corrected chi connectivity index (χ3v) is 5.10. The summed E-state index contributed by atoms with van der Waals surface area (Å²) in [6, 6.07) is 11.3. The second-order valence-corrected chi connectivity index (χ2v) is 7.39. The molecule has 1 saturated heterocycles. The average Bonchev–Trinajstić information content (AvgIpc) is 3.17. The van der Waals surface area contributed by atoms with Crippen molar-refractivity contribution in [2.24, 2.45) is 7.05 Å². The lowest BCUT2D eigenvalue weighted by atomic mass is 10.0. The summed E-state index contributed by atoms with van der Waals surface area (Å²) in [6.45, 7) is 1.60. The number of benzene rings is 1. The number of aromatic nitrogens is 5. The molecule has 0 spiro atoms. The van der Waals surface area contributed by atoms with Crippen molar-refractivity contribution in [3.05, 3.63) is 66.2 Å². The van der Waals surface area contributed by atoms with Crippen LogP contribution in [-0.4, -0.2) is 49.9 Å². The quantitative estimate of drug-likeness (QED) is 0.496. The lowest BCUT2D eigenvalue weighted by Crippen LogP contribution is -2.50. The van der Waals surface area contributed by atoms with Crippen LogP contribution in [0.15, 0.2) is 55.0 Å². The summed E-state index contributed by atoms with van der Waals surface area (Å²) in [7, 11) is 1.89. The van der Waals surface area contributed by atoms with Gasteiger partial charge in [-0.1, -0.05) is 6.07 Å². The van der Waals surface area contributed by atoms with Gasteiger partial charge in [-0.3, -0.25) is 9.48 Å². The molecule has 0 saturated carbocycles. The molecule has 0 amide bonds. The number of Topliss-reactive ketones (excluding diaryl/α,β-unsaturated/α-hetero) is 1. The summed E-state index contributed by atoms with van der Waals surface area (Å²) < 4.78 is 7.51. The molecule has 0 unspecified atom stereocenters. The van der Waals surface area contributed by atoms with E-state index in [1.807, 2.05) is 43.7 Å². The summed E-state index contributed by atoms with van der Waals surface area (Å²) in [6.07, 6.45) is 5.66. The van der Waals surface area contributed by atoms with Crippen LogP contribution >= 0.6 is 0 Å². The molecule has 5 rings (SSSR count). The zero-order chi connectivity index (χ0) is 20.5. The highest BCUT2D eigenvalue weighted by Gasteiger charge is 2.19. The average molecular weight is 400 g/mol. The third kappa shape index (κ3) is 3.77.